The van der Waals surface area contributed by atoms with Gasteiger partial charge >= 0.3 is 0 Å². The van der Waals surface area contributed by atoms with E-state index in [1.54, 1.807) is 6.92 Å². The van der Waals surface area contributed by atoms with Gasteiger partial charge in [0.2, 0.25) is 5.91 Å². The van der Waals surface area contributed by atoms with Crippen LogP contribution in [0.4, 0.5) is 0 Å². The zero-order valence-electron chi connectivity index (χ0n) is 10.1. The third-order valence-corrected chi connectivity index (χ3v) is 3.19. The van der Waals surface area contributed by atoms with E-state index < -0.39 is 6.10 Å². The van der Waals surface area contributed by atoms with E-state index in [1.165, 1.54) is 0 Å². The maximum atomic E-state index is 11.8. The van der Waals surface area contributed by atoms with Gasteiger partial charge in [-0.2, -0.15) is 0 Å². The number of carbonyl (C=O) groups excluding carboxylic acids is 1. The van der Waals surface area contributed by atoms with Gasteiger partial charge in [0.1, 0.15) is 0 Å². The molecule has 0 aromatic rings. The summed E-state index contributed by atoms with van der Waals surface area (Å²) < 4.78 is 0. The summed E-state index contributed by atoms with van der Waals surface area (Å²) >= 11 is 0. The van der Waals surface area contributed by atoms with Crippen LogP contribution < -0.4 is 0 Å². The van der Waals surface area contributed by atoms with Gasteiger partial charge in [0.05, 0.1) is 6.10 Å². The van der Waals surface area contributed by atoms with Crippen LogP contribution in [-0.2, 0) is 4.79 Å². The number of piperidine rings is 1. The molecule has 0 aliphatic carbocycles. The van der Waals surface area contributed by atoms with Crippen molar-refractivity contribution < 1.29 is 15.0 Å². The molecule has 1 fully saturated rings. The summed E-state index contributed by atoms with van der Waals surface area (Å²) in [6.07, 6.45) is 3.51. The summed E-state index contributed by atoms with van der Waals surface area (Å²) in [6, 6.07) is 0. The molecule has 2 N–H and O–H groups in total. The zero-order valence-corrected chi connectivity index (χ0v) is 10.1. The second-order valence-electron chi connectivity index (χ2n) is 4.75. The number of hydrogen-bond acceptors (Lipinski definition) is 3. The first-order valence-corrected chi connectivity index (χ1v) is 6.20. The van der Waals surface area contributed by atoms with Gasteiger partial charge in [-0.1, -0.05) is 0 Å². The van der Waals surface area contributed by atoms with Gasteiger partial charge in [-0.25, -0.2) is 0 Å². The lowest BCUT2D eigenvalue weighted by Crippen LogP contribution is -2.40. The maximum absolute atomic E-state index is 11.8. The molecule has 4 nitrogen and oxygen atoms in total. The molecule has 1 rings (SSSR count). The van der Waals surface area contributed by atoms with Crippen molar-refractivity contribution in [1.29, 1.82) is 0 Å². The Balaban J connectivity index is 2.32. The lowest BCUT2D eigenvalue weighted by molar-refractivity contribution is -0.133. The normalized spacial score (nSPS) is 23.2. The summed E-state index contributed by atoms with van der Waals surface area (Å²) in [5, 5.41) is 18.0. The number of aliphatic hydroxyl groups excluding tert-OH is 2. The SMILES string of the molecule is CC(O)CCC(=O)N1CCCC(CCO)C1. The molecule has 4 heteroatoms. The summed E-state index contributed by atoms with van der Waals surface area (Å²) in [6.45, 7) is 3.53. The molecule has 2 unspecified atom stereocenters. The molecule has 0 spiro atoms. The molecule has 1 aliphatic heterocycles. The molecule has 0 saturated carbocycles. The second-order valence-corrected chi connectivity index (χ2v) is 4.75. The molecule has 0 aromatic carbocycles. The largest absolute Gasteiger partial charge is 0.396 e. The predicted octanol–water partition coefficient (Wildman–Crippen LogP) is 0.768. The highest BCUT2D eigenvalue weighted by Gasteiger charge is 2.22. The number of aliphatic hydroxyl groups is 2. The molecule has 1 saturated heterocycles. The fourth-order valence-corrected chi connectivity index (χ4v) is 2.20. The molecule has 0 bridgehead atoms. The Labute approximate surface area is 97.3 Å². The first-order valence-electron chi connectivity index (χ1n) is 6.20. The summed E-state index contributed by atoms with van der Waals surface area (Å²) in [4.78, 5) is 13.7. The third-order valence-electron chi connectivity index (χ3n) is 3.19. The van der Waals surface area contributed by atoms with Crippen LogP contribution in [0, 0.1) is 5.92 Å². The van der Waals surface area contributed by atoms with Gasteiger partial charge in [-0.3, -0.25) is 4.79 Å². The molecule has 16 heavy (non-hydrogen) atoms. The number of likely N-dealkylation sites (tertiary alicyclic amines) is 1. The molecule has 1 amide bonds. The molecule has 1 aliphatic rings. The second kappa shape index (κ2) is 6.86. The van der Waals surface area contributed by atoms with Crippen LogP contribution in [0.2, 0.25) is 0 Å². The molecular formula is C12H23NO3. The fourth-order valence-electron chi connectivity index (χ4n) is 2.20. The van der Waals surface area contributed by atoms with E-state index in [0.29, 0.717) is 18.8 Å². The Morgan fingerprint density at radius 1 is 1.56 bits per heavy atom. The minimum atomic E-state index is -0.401. The van der Waals surface area contributed by atoms with E-state index in [9.17, 15) is 4.79 Å². The highest BCUT2D eigenvalue weighted by Crippen LogP contribution is 2.20. The van der Waals surface area contributed by atoms with Crippen LogP contribution in [0.1, 0.15) is 39.0 Å². The van der Waals surface area contributed by atoms with Crippen molar-refractivity contribution in [1.82, 2.24) is 4.90 Å². The van der Waals surface area contributed by atoms with Crippen molar-refractivity contribution in [3.63, 3.8) is 0 Å². The maximum Gasteiger partial charge on any atom is 0.222 e. The number of amides is 1. The van der Waals surface area contributed by atoms with Crippen molar-refractivity contribution in [3.8, 4) is 0 Å². The third kappa shape index (κ3) is 4.49. The topological polar surface area (TPSA) is 60.8 Å². The molecule has 1 heterocycles. The van der Waals surface area contributed by atoms with Crippen molar-refractivity contribution in [3.05, 3.63) is 0 Å². The van der Waals surface area contributed by atoms with Crippen molar-refractivity contribution in [2.75, 3.05) is 19.7 Å². The Bertz CT molecular complexity index is 216. The summed E-state index contributed by atoms with van der Waals surface area (Å²) in [7, 11) is 0. The number of carbonyl (C=O) groups is 1. The highest BCUT2D eigenvalue weighted by molar-refractivity contribution is 5.76. The van der Waals surface area contributed by atoms with Crippen LogP contribution in [-0.4, -0.2) is 46.8 Å². The van der Waals surface area contributed by atoms with Gasteiger partial charge in [0, 0.05) is 26.1 Å². The molecular weight excluding hydrogens is 206 g/mol. The Kier molecular flexibility index (Phi) is 5.77. The standard InChI is InChI=1S/C12H23NO3/c1-10(15)4-5-12(16)13-7-2-3-11(9-13)6-8-14/h10-11,14-15H,2-9H2,1H3. The number of nitrogens with zero attached hydrogens (tertiary/aromatic N) is 1. The minimum Gasteiger partial charge on any atom is -0.396 e. The van der Waals surface area contributed by atoms with Crippen molar-refractivity contribution in [2.45, 2.75) is 45.1 Å². The highest BCUT2D eigenvalue weighted by atomic mass is 16.3. The van der Waals surface area contributed by atoms with Crippen LogP contribution >= 0.6 is 0 Å². The van der Waals surface area contributed by atoms with E-state index in [4.69, 9.17) is 10.2 Å². The number of rotatable bonds is 5. The van der Waals surface area contributed by atoms with Gasteiger partial charge in [-0.05, 0) is 38.5 Å². The van der Waals surface area contributed by atoms with Gasteiger partial charge in [0.25, 0.3) is 0 Å². The number of hydrogen-bond donors (Lipinski definition) is 2. The average molecular weight is 229 g/mol. The van der Waals surface area contributed by atoms with Crippen LogP contribution in [0.25, 0.3) is 0 Å². The summed E-state index contributed by atoms with van der Waals surface area (Å²) in [5.74, 6) is 0.595. The zero-order chi connectivity index (χ0) is 12.0. The van der Waals surface area contributed by atoms with E-state index in [1.807, 2.05) is 4.90 Å². The van der Waals surface area contributed by atoms with Crippen molar-refractivity contribution >= 4 is 5.91 Å². The summed E-state index contributed by atoms with van der Waals surface area (Å²) in [5.41, 5.74) is 0. The van der Waals surface area contributed by atoms with Gasteiger partial charge in [-0.15, -0.1) is 0 Å². The first kappa shape index (κ1) is 13.5. The molecule has 2 atom stereocenters. The molecule has 0 radical (unpaired) electrons. The molecule has 0 aromatic heterocycles. The predicted molar refractivity (Wildman–Crippen MR) is 61.9 cm³/mol. The van der Waals surface area contributed by atoms with Crippen molar-refractivity contribution in [2.24, 2.45) is 5.92 Å². The Hall–Kier alpha value is -0.610. The van der Waals surface area contributed by atoms with E-state index in [-0.39, 0.29) is 12.5 Å². The lowest BCUT2D eigenvalue weighted by Gasteiger charge is -2.32. The van der Waals surface area contributed by atoms with Crippen LogP contribution in [0.15, 0.2) is 0 Å². The van der Waals surface area contributed by atoms with E-state index in [2.05, 4.69) is 0 Å². The van der Waals surface area contributed by atoms with Crippen LogP contribution in [0.5, 0.6) is 0 Å². The fraction of sp³-hybridized carbons (Fsp3) is 0.917. The van der Waals surface area contributed by atoms with Gasteiger partial charge in [0.15, 0.2) is 0 Å². The Morgan fingerprint density at radius 2 is 2.31 bits per heavy atom. The lowest BCUT2D eigenvalue weighted by atomic mass is 9.95. The molecule has 94 valence electrons. The van der Waals surface area contributed by atoms with E-state index >= 15 is 0 Å². The Morgan fingerprint density at radius 3 is 2.94 bits per heavy atom. The van der Waals surface area contributed by atoms with E-state index in [0.717, 1.165) is 32.4 Å². The first-order chi connectivity index (χ1) is 7.63. The quantitative estimate of drug-likeness (QED) is 0.732. The smallest absolute Gasteiger partial charge is 0.222 e. The minimum absolute atomic E-state index is 0.142. The van der Waals surface area contributed by atoms with Crippen LogP contribution in [0.3, 0.4) is 0 Å². The average Bonchev–Trinajstić information content (AvgIpc) is 2.26. The van der Waals surface area contributed by atoms with Gasteiger partial charge < -0.3 is 15.1 Å². The monoisotopic (exact) mass is 229 g/mol.